The second-order valence-electron chi connectivity index (χ2n) is 6.61. The third kappa shape index (κ3) is 6.51. The molecule has 1 heterocycles. The number of halogens is 4. The summed E-state index contributed by atoms with van der Waals surface area (Å²) >= 11 is 6.40. The lowest BCUT2D eigenvalue weighted by Crippen LogP contribution is -2.40. The number of morpholine rings is 1. The number of benzene rings is 2. The van der Waals surface area contributed by atoms with E-state index in [0.717, 1.165) is 18.7 Å². The molecule has 1 atom stereocenters. The van der Waals surface area contributed by atoms with E-state index in [1.165, 1.54) is 24.3 Å². The molecule has 30 heavy (non-hydrogen) atoms. The van der Waals surface area contributed by atoms with Crippen LogP contribution in [0.1, 0.15) is 11.6 Å². The van der Waals surface area contributed by atoms with Gasteiger partial charge in [-0.15, -0.1) is 13.2 Å². The van der Waals surface area contributed by atoms with Gasteiger partial charge >= 0.3 is 6.36 Å². The highest BCUT2D eigenvalue weighted by Gasteiger charge is 2.31. The Labute approximate surface area is 177 Å². The zero-order valence-corrected chi connectivity index (χ0v) is 16.8. The number of nitrogens with two attached hydrogens (primary N) is 1. The van der Waals surface area contributed by atoms with E-state index in [9.17, 15) is 13.2 Å². The van der Waals surface area contributed by atoms with Gasteiger partial charge in [0.05, 0.1) is 25.8 Å². The number of hydrogen-bond acceptors (Lipinski definition) is 4. The molecule has 0 saturated carbocycles. The van der Waals surface area contributed by atoms with Crippen LogP contribution in [0.5, 0.6) is 5.75 Å². The van der Waals surface area contributed by atoms with Crippen molar-refractivity contribution in [3.05, 3.63) is 59.1 Å². The highest BCUT2D eigenvalue weighted by Crippen LogP contribution is 2.29. The largest absolute Gasteiger partial charge is 0.573 e. The Balaban J connectivity index is 1.68. The average Bonchev–Trinajstić information content (AvgIpc) is 2.71. The molecule has 1 saturated heterocycles. The van der Waals surface area contributed by atoms with Crippen molar-refractivity contribution in [1.82, 2.24) is 4.90 Å². The molecule has 6 nitrogen and oxygen atoms in total. The highest BCUT2D eigenvalue weighted by molar-refractivity contribution is 6.31. The van der Waals surface area contributed by atoms with E-state index in [1.807, 2.05) is 24.3 Å². The molecule has 162 valence electrons. The van der Waals surface area contributed by atoms with Crippen molar-refractivity contribution in [3.8, 4) is 5.75 Å². The summed E-state index contributed by atoms with van der Waals surface area (Å²) in [5.74, 6) is -0.167. The fourth-order valence-electron chi connectivity index (χ4n) is 3.16. The minimum Gasteiger partial charge on any atom is -0.406 e. The number of nitrogens with zero attached hydrogens (tertiary/aromatic N) is 2. The lowest BCUT2D eigenvalue weighted by atomic mass is 10.0. The maximum atomic E-state index is 12.3. The van der Waals surface area contributed by atoms with Gasteiger partial charge in [0, 0.05) is 23.8 Å². The van der Waals surface area contributed by atoms with Gasteiger partial charge in [-0.1, -0.05) is 29.8 Å². The summed E-state index contributed by atoms with van der Waals surface area (Å²) in [6.07, 6.45) is -4.73. The second kappa shape index (κ2) is 10.0. The predicted molar refractivity (Wildman–Crippen MR) is 110 cm³/mol. The van der Waals surface area contributed by atoms with Crippen molar-refractivity contribution in [1.29, 1.82) is 0 Å². The molecule has 0 aromatic heterocycles. The molecule has 2 aromatic carbocycles. The molecule has 3 rings (SSSR count). The molecule has 1 aliphatic heterocycles. The topological polar surface area (TPSA) is 72.1 Å². The van der Waals surface area contributed by atoms with Crippen molar-refractivity contribution in [2.45, 2.75) is 12.4 Å². The van der Waals surface area contributed by atoms with Gasteiger partial charge in [-0.2, -0.15) is 0 Å². The zero-order chi connectivity index (χ0) is 21.6. The van der Waals surface area contributed by atoms with Gasteiger partial charge in [0.1, 0.15) is 5.75 Å². The number of anilines is 1. The minimum absolute atomic E-state index is 0.0782. The van der Waals surface area contributed by atoms with Crippen LogP contribution in [0.2, 0.25) is 5.02 Å². The quantitative estimate of drug-likeness (QED) is 0.522. The molecule has 1 aliphatic rings. The normalized spacial score (nSPS) is 16.9. The third-order valence-corrected chi connectivity index (χ3v) is 4.89. The average molecular weight is 443 g/mol. The monoisotopic (exact) mass is 442 g/mol. The summed E-state index contributed by atoms with van der Waals surface area (Å²) in [5.41, 5.74) is 7.43. The molecule has 0 spiro atoms. The minimum atomic E-state index is -4.73. The van der Waals surface area contributed by atoms with Gasteiger partial charge in [0.2, 0.25) is 0 Å². The first-order valence-electron chi connectivity index (χ1n) is 9.31. The van der Waals surface area contributed by atoms with Gasteiger partial charge in [-0.25, -0.2) is 0 Å². The number of rotatable bonds is 6. The smallest absolute Gasteiger partial charge is 0.406 e. The predicted octanol–water partition coefficient (Wildman–Crippen LogP) is 4.04. The summed E-state index contributed by atoms with van der Waals surface area (Å²) in [7, 11) is 0. The van der Waals surface area contributed by atoms with Crippen LogP contribution in [0, 0.1) is 0 Å². The SMILES string of the molecule is NC(=NCC(c1ccccc1Cl)N1CCOCC1)Nc1ccc(OC(F)(F)F)cc1. The summed E-state index contributed by atoms with van der Waals surface area (Å²) < 4.78 is 46.0. The van der Waals surface area contributed by atoms with Crippen LogP contribution >= 0.6 is 11.6 Å². The fourth-order valence-corrected chi connectivity index (χ4v) is 3.42. The first-order valence-corrected chi connectivity index (χ1v) is 9.68. The number of ether oxygens (including phenoxy) is 2. The summed E-state index contributed by atoms with van der Waals surface area (Å²) in [6, 6.07) is 12.8. The maximum Gasteiger partial charge on any atom is 0.573 e. The van der Waals surface area contributed by atoms with Crippen LogP contribution in [0.15, 0.2) is 53.5 Å². The molecule has 0 aliphatic carbocycles. The molecular formula is C20H22ClF3N4O2. The van der Waals surface area contributed by atoms with Crippen LogP contribution in [0.25, 0.3) is 0 Å². The molecule has 10 heteroatoms. The van der Waals surface area contributed by atoms with Crippen molar-refractivity contribution < 1.29 is 22.6 Å². The zero-order valence-electron chi connectivity index (χ0n) is 16.0. The van der Waals surface area contributed by atoms with E-state index in [-0.39, 0.29) is 17.8 Å². The summed E-state index contributed by atoms with van der Waals surface area (Å²) in [4.78, 5) is 6.67. The Morgan fingerprint density at radius 1 is 1.17 bits per heavy atom. The number of aliphatic imine (C=N–C) groups is 1. The van der Waals surface area contributed by atoms with Crippen LogP contribution in [0.3, 0.4) is 0 Å². The molecule has 0 bridgehead atoms. The van der Waals surface area contributed by atoms with Crippen LogP contribution in [0.4, 0.5) is 18.9 Å². The first kappa shape index (κ1) is 22.2. The summed E-state index contributed by atoms with van der Waals surface area (Å²) in [5, 5.41) is 3.52. The molecular weight excluding hydrogens is 421 g/mol. The Hall–Kier alpha value is -2.49. The Kier molecular flexibility index (Phi) is 7.41. The maximum absolute atomic E-state index is 12.3. The molecule has 0 radical (unpaired) electrons. The van der Waals surface area contributed by atoms with Crippen molar-refractivity contribution >= 4 is 23.2 Å². The van der Waals surface area contributed by atoms with E-state index in [2.05, 4.69) is 19.9 Å². The van der Waals surface area contributed by atoms with E-state index in [1.54, 1.807) is 0 Å². The van der Waals surface area contributed by atoms with E-state index in [4.69, 9.17) is 22.1 Å². The van der Waals surface area contributed by atoms with Crippen molar-refractivity contribution in [2.75, 3.05) is 38.2 Å². The summed E-state index contributed by atoms with van der Waals surface area (Å²) in [6.45, 7) is 3.12. The number of alkyl halides is 3. The van der Waals surface area contributed by atoms with Crippen molar-refractivity contribution in [3.63, 3.8) is 0 Å². The lowest BCUT2D eigenvalue weighted by Gasteiger charge is -2.34. The molecule has 0 amide bonds. The highest BCUT2D eigenvalue weighted by atomic mass is 35.5. The standard InChI is InChI=1S/C20H22ClF3N4O2/c21-17-4-2-1-3-16(17)18(28-9-11-29-12-10-28)13-26-19(25)27-14-5-7-15(8-6-14)30-20(22,23)24/h1-8,18H,9-13H2,(H3,25,26,27). The van der Waals surface area contributed by atoms with Gasteiger partial charge in [0.15, 0.2) is 5.96 Å². The second-order valence-corrected chi connectivity index (χ2v) is 7.02. The van der Waals surface area contributed by atoms with Crippen LogP contribution < -0.4 is 15.8 Å². The number of guanidine groups is 1. The lowest BCUT2D eigenvalue weighted by molar-refractivity contribution is -0.274. The fraction of sp³-hybridized carbons (Fsp3) is 0.350. The Bertz CT molecular complexity index is 856. The molecule has 1 fully saturated rings. The van der Waals surface area contributed by atoms with Crippen LogP contribution in [-0.2, 0) is 4.74 Å². The van der Waals surface area contributed by atoms with E-state index >= 15 is 0 Å². The van der Waals surface area contributed by atoms with Crippen molar-refractivity contribution in [2.24, 2.45) is 10.7 Å². The van der Waals surface area contributed by atoms with E-state index < -0.39 is 6.36 Å². The Morgan fingerprint density at radius 2 is 1.83 bits per heavy atom. The Morgan fingerprint density at radius 3 is 2.47 bits per heavy atom. The molecule has 1 unspecified atom stereocenters. The van der Waals surface area contributed by atoms with E-state index in [0.29, 0.717) is 30.5 Å². The van der Waals surface area contributed by atoms with Gasteiger partial charge < -0.3 is 20.5 Å². The van der Waals surface area contributed by atoms with Gasteiger partial charge in [0.25, 0.3) is 0 Å². The number of nitrogens with one attached hydrogen (secondary N) is 1. The third-order valence-electron chi connectivity index (χ3n) is 4.55. The molecule has 2 aromatic rings. The van der Waals surface area contributed by atoms with Crippen LogP contribution in [-0.4, -0.2) is 50.1 Å². The first-order chi connectivity index (χ1) is 14.3. The number of hydrogen-bond donors (Lipinski definition) is 2. The van der Waals surface area contributed by atoms with Gasteiger partial charge in [-0.3, -0.25) is 9.89 Å². The molecule has 3 N–H and O–H groups in total. The van der Waals surface area contributed by atoms with Gasteiger partial charge in [-0.05, 0) is 35.9 Å².